The Bertz CT molecular complexity index is 469. The lowest BCUT2D eigenvalue weighted by molar-refractivity contribution is 0.0109. The van der Waals surface area contributed by atoms with Crippen molar-refractivity contribution in [3.05, 3.63) is 48.3 Å². The fourth-order valence-electron chi connectivity index (χ4n) is 1.75. The van der Waals surface area contributed by atoms with Crippen LogP contribution < -0.4 is 0 Å². The van der Waals surface area contributed by atoms with Crippen molar-refractivity contribution in [1.29, 1.82) is 0 Å². The molecule has 0 aliphatic rings. The van der Waals surface area contributed by atoms with Crippen molar-refractivity contribution in [2.24, 2.45) is 0 Å². The van der Waals surface area contributed by atoms with Gasteiger partial charge in [-0.15, -0.1) is 0 Å². The fraction of sp³-hybridized carbons (Fsp3) is 0.333. The van der Waals surface area contributed by atoms with Crippen molar-refractivity contribution < 1.29 is 9.50 Å². The molecule has 1 aromatic heterocycles. The summed E-state index contributed by atoms with van der Waals surface area (Å²) in [6.07, 6.45) is 3.48. The van der Waals surface area contributed by atoms with Gasteiger partial charge in [-0.25, -0.2) is 14.1 Å². The summed E-state index contributed by atoms with van der Waals surface area (Å²) in [5.74, 6) is -0.312. The zero-order valence-corrected chi connectivity index (χ0v) is 9.55. The Morgan fingerprint density at radius 2 is 2.06 bits per heavy atom. The zero-order chi connectivity index (χ0) is 12.3. The van der Waals surface area contributed by atoms with Gasteiger partial charge in [0.1, 0.15) is 24.1 Å². The van der Waals surface area contributed by atoms with Gasteiger partial charge in [-0.3, -0.25) is 0 Å². The van der Waals surface area contributed by atoms with Gasteiger partial charge in [0.05, 0.1) is 6.54 Å². The summed E-state index contributed by atoms with van der Waals surface area (Å²) in [6, 6.07) is 5.88. The predicted molar refractivity (Wildman–Crippen MR) is 60.6 cm³/mol. The Morgan fingerprint density at radius 1 is 1.35 bits per heavy atom. The second-order valence-electron chi connectivity index (χ2n) is 3.99. The zero-order valence-electron chi connectivity index (χ0n) is 9.55. The minimum atomic E-state index is -1.05. The van der Waals surface area contributed by atoms with Crippen LogP contribution in [0.5, 0.6) is 0 Å². The highest BCUT2D eigenvalue weighted by Gasteiger charge is 2.28. The van der Waals surface area contributed by atoms with E-state index in [2.05, 4.69) is 10.1 Å². The fourth-order valence-corrected chi connectivity index (χ4v) is 1.75. The van der Waals surface area contributed by atoms with Crippen LogP contribution in [0.1, 0.15) is 18.9 Å². The van der Waals surface area contributed by atoms with Gasteiger partial charge in [0, 0.05) is 0 Å². The summed E-state index contributed by atoms with van der Waals surface area (Å²) < 4.78 is 14.4. The molecule has 0 fully saturated rings. The maximum Gasteiger partial charge on any atom is 0.137 e. The van der Waals surface area contributed by atoms with E-state index in [4.69, 9.17) is 0 Å². The third-order valence-electron chi connectivity index (χ3n) is 2.86. The first-order valence-electron chi connectivity index (χ1n) is 5.45. The van der Waals surface area contributed by atoms with Crippen LogP contribution in [0.2, 0.25) is 0 Å². The van der Waals surface area contributed by atoms with Gasteiger partial charge in [-0.1, -0.05) is 19.1 Å². The minimum absolute atomic E-state index is 0.301. The molecule has 1 atom stereocenters. The molecule has 1 unspecified atom stereocenters. The van der Waals surface area contributed by atoms with E-state index in [0.29, 0.717) is 18.5 Å². The highest BCUT2D eigenvalue weighted by molar-refractivity contribution is 5.22. The van der Waals surface area contributed by atoms with Crippen molar-refractivity contribution in [2.45, 2.75) is 25.5 Å². The molecule has 4 nitrogen and oxygen atoms in total. The van der Waals surface area contributed by atoms with E-state index in [9.17, 15) is 9.50 Å². The van der Waals surface area contributed by atoms with Crippen LogP contribution in [0, 0.1) is 5.82 Å². The number of halogens is 1. The molecule has 17 heavy (non-hydrogen) atoms. The van der Waals surface area contributed by atoms with Crippen molar-refractivity contribution in [1.82, 2.24) is 14.8 Å². The van der Waals surface area contributed by atoms with Gasteiger partial charge in [-0.2, -0.15) is 5.10 Å². The van der Waals surface area contributed by atoms with Crippen LogP contribution in [-0.2, 0) is 12.1 Å². The van der Waals surface area contributed by atoms with Gasteiger partial charge >= 0.3 is 0 Å². The van der Waals surface area contributed by atoms with Crippen LogP contribution in [0.25, 0.3) is 0 Å². The first-order chi connectivity index (χ1) is 8.14. The summed E-state index contributed by atoms with van der Waals surface area (Å²) in [7, 11) is 0. The summed E-state index contributed by atoms with van der Waals surface area (Å²) >= 11 is 0. The smallest absolute Gasteiger partial charge is 0.137 e. The average molecular weight is 235 g/mol. The molecule has 1 N–H and O–H groups in total. The molecule has 0 aliphatic heterocycles. The molecule has 0 amide bonds. The maximum absolute atomic E-state index is 12.8. The van der Waals surface area contributed by atoms with E-state index in [1.807, 2.05) is 6.92 Å². The van der Waals surface area contributed by atoms with Crippen LogP contribution in [0.4, 0.5) is 4.39 Å². The van der Waals surface area contributed by atoms with Gasteiger partial charge in [0.15, 0.2) is 0 Å². The van der Waals surface area contributed by atoms with E-state index < -0.39 is 5.60 Å². The molecular formula is C12H14FN3O. The van der Waals surface area contributed by atoms with Gasteiger partial charge in [-0.05, 0) is 24.1 Å². The van der Waals surface area contributed by atoms with E-state index in [1.54, 1.807) is 23.1 Å². The summed E-state index contributed by atoms with van der Waals surface area (Å²) in [5.41, 5.74) is -0.376. The molecule has 0 radical (unpaired) electrons. The lowest BCUT2D eigenvalue weighted by Crippen LogP contribution is -2.31. The largest absolute Gasteiger partial charge is 0.383 e. The lowest BCUT2D eigenvalue weighted by Gasteiger charge is -2.27. The van der Waals surface area contributed by atoms with Gasteiger partial charge < -0.3 is 5.11 Å². The molecule has 90 valence electrons. The van der Waals surface area contributed by atoms with Crippen LogP contribution in [0.15, 0.2) is 36.9 Å². The Morgan fingerprint density at radius 3 is 2.59 bits per heavy atom. The average Bonchev–Trinajstić information content (AvgIpc) is 2.82. The second-order valence-corrected chi connectivity index (χ2v) is 3.99. The van der Waals surface area contributed by atoms with Crippen LogP contribution in [0.3, 0.4) is 0 Å². The van der Waals surface area contributed by atoms with E-state index in [0.717, 1.165) is 0 Å². The van der Waals surface area contributed by atoms with Crippen LogP contribution >= 0.6 is 0 Å². The number of benzene rings is 1. The lowest BCUT2D eigenvalue weighted by atomic mass is 9.91. The van der Waals surface area contributed by atoms with Gasteiger partial charge in [0.25, 0.3) is 0 Å². The Kier molecular flexibility index (Phi) is 3.19. The number of aromatic nitrogens is 3. The quantitative estimate of drug-likeness (QED) is 0.877. The topological polar surface area (TPSA) is 50.9 Å². The standard InChI is InChI=1S/C12H14FN3O/c1-2-12(17,7-16-9-14-8-15-16)10-3-5-11(13)6-4-10/h3-6,8-9,17H,2,7H2,1H3. The number of nitrogens with zero attached hydrogens (tertiary/aromatic N) is 3. The molecule has 0 bridgehead atoms. The minimum Gasteiger partial charge on any atom is -0.383 e. The molecule has 1 heterocycles. The van der Waals surface area contributed by atoms with E-state index in [1.165, 1.54) is 18.5 Å². The summed E-state index contributed by atoms with van der Waals surface area (Å²) in [6.45, 7) is 2.18. The Hall–Kier alpha value is -1.75. The Labute approximate surface area is 98.7 Å². The number of rotatable bonds is 4. The molecule has 5 heteroatoms. The number of aliphatic hydroxyl groups is 1. The molecule has 0 spiro atoms. The number of hydrogen-bond donors (Lipinski definition) is 1. The first-order valence-corrected chi connectivity index (χ1v) is 5.45. The highest BCUT2D eigenvalue weighted by Crippen LogP contribution is 2.26. The first kappa shape index (κ1) is 11.7. The highest BCUT2D eigenvalue weighted by atomic mass is 19.1. The maximum atomic E-state index is 12.8. The van der Waals surface area contributed by atoms with Crippen LogP contribution in [-0.4, -0.2) is 19.9 Å². The third kappa shape index (κ3) is 2.50. The SMILES string of the molecule is CCC(O)(Cn1cncn1)c1ccc(F)cc1. The summed E-state index contributed by atoms with van der Waals surface area (Å²) in [5, 5.41) is 14.5. The molecule has 2 aromatic rings. The van der Waals surface area contributed by atoms with Gasteiger partial charge in [0.2, 0.25) is 0 Å². The third-order valence-corrected chi connectivity index (χ3v) is 2.86. The molecule has 1 aromatic carbocycles. The van der Waals surface area contributed by atoms with E-state index in [-0.39, 0.29) is 5.82 Å². The van der Waals surface area contributed by atoms with Crippen molar-refractivity contribution in [3.63, 3.8) is 0 Å². The van der Waals surface area contributed by atoms with Crippen molar-refractivity contribution >= 4 is 0 Å². The molecule has 2 rings (SSSR count). The predicted octanol–water partition coefficient (Wildman–Crippen LogP) is 1.72. The molecule has 0 saturated heterocycles. The van der Waals surface area contributed by atoms with Crippen molar-refractivity contribution in [2.75, 3.05) is 0 Å². The molecule has 0 saturated carbocycles. The normalized spacial score (nSPS) is 14.5. The Balaban J connectivity index is 2.27. The number of hydrogen-bond acceptors (Lipinski definition) is 3. The second kappa shape index (κ2) is 4.63. The van der Waals surface area contributed by atoms with Crippen molar-refractivity contribution in [3.8, 4) is 0 Å². The summed E-state index contributed by atoms with van der Waals surface area (Å²) in [4.78, 5) is 3.83. The molecular weight excluding hydrogens is 221 g/mol. The monoisotopic (exact) mass is 235 g/mol. The molecule has 0 aliphatic carbocycles. The van der Waals surface area contributed by atoms with E-state index >= 15 is 0 Å².